The summed E-state index contributed by atoms with van der Waals surface area (Å²) in [7, 11) is 2.10. The molecule has 2 aliphatic heterocycles. The van der Waals surface area contributed by atoms with Gasteiger partial charge in [-0.15, -0.1) is 23.7 Å². The number of aromatic nitrogens is 1. The van der Waals surface area contributed by atoms with E-state index in [-0.39, 0.29) is 30.1 Å². The summed E-state index contributed by atoms with van der Waals surface area (Å²) < 4.78 is 3.23. The van der Waals surface area contributed by atoms with Crippen molar-refractivity contribution in [1.82, 2.24) is 19.3 Å². The van der Waals surface area contributed by atoms with Crippen LogP contribution in [0.1, 0.15) is 28.9 Å². The average molecular weight is 522 g/mol. The number of nitrogens with zero attached hydrogens (tertiary/aromatic N) is 4. The number of likely N-dealkylation sites (tertiary alicyclic amines) is 1. The monoisotopic (exact) mass is 520 g/mol. The number of carbonyl (C=O) groups excluding carboxylic acids is 2. The van der Waals surface area contributed by atoms with Gasteiger partial charge in [-0.1, -0.05) is 23.7 Å². The molecule has 0 N–H and O–H groups in total. The summed E-state index contributed by atoms with van der Waals surface area (Å²) in [4.78, 5) is 32.7. The van der Waals surface area contributed by atoms with Crippen molar-refractivity contribution in [2.75, 3.05) is 46.3 Å². The fourth-order valence-corrected chi connectivity index (χ4v) is 5.82. The highest BCUT2D eigenvalue weighted by atomic mass is 35.5. The van der Waals surface area contributed by atoms with Gasteiger partial charge in [0.2, 0.25) is 5.91 Å². The Kier molecular flexibility index (Phi) is 7.87. The number of benzene rings is 1. The third-order valence-electron chi connectivity index (χ3n) is 6.94. The van der Waals surface area contributed by atoms with Gasteiger partial charge in [-0.2, -0.15) is 0 Å². The van der Waals surface area contributed by atoms with Crippen molar-refractivity contribution in [3.63, 3.8) is 0 Å². The minimum absolute atomic E-state index is 0. The van der Waals surface area contributed by atoms with E-state index in [4.69, 9.17) is 11.6 Å². The van der Waals surface area contributed by atoms with Crippen molar-refractivity contribution in [2.45, 2.75) is 19.4 Å². The van der Waals surface area contributed by atoms with Gasteiger partial charge in [0, 0.05) is 56.8 Å². The Morgan fingerprint density at radius 2 is 1.65 bits per heavy atom. The van der Waals surface area contributed by atoms with E-state index in [1.165, 1.54) is 0 Å². The first-order chi connectivity index (χ1) is 16.0. The van der Waals surface area contributed by atoms with Gasteiger partial charge in [-0.25, -0.2) is 0 Å². The highest BCUT2D eigenvalue weighted by molar-refractivity contribution is 7.17. The molecule has 182 valence electrons. The maximum Gasteiger partial charge on any atom is 0.270 e. The predicted molar refractivity (Wildman–Crippen MR) is 140 cm³/mol. The molecule has 0 radical (unpaired) electrons. The average Bonchev–Trinajstić information content (AvgIpc) is 3.43. The number of piperazine rings is 1. The van der Waals surface area contributed by atoms with Gasteiger partial charge in [-0.05, 0) is 55.1 Å². The zero-order valence-electron chi connectivity index (χ0n) is 19.3. The van der Waals surface area contributed by atoms with Crippen LogP contribution in [0.3, 0.4) is 0 Å². The molecule has 2 amide bonds. The number of likely N-dealkylation sites (N-methyl/N-ethyl adjacent to an activating group) is 1. The summed E-state index contributed by atoms with van der Waals surface area (Å²) >= 11 is 7.70. The molecule has 2 fully saturated rings. The highest BCUT2D eigenvalue weighted by Crippen LogP contribution is 2.29. The van der Waals surface area contributed by atoms with Gasteiger partial charge < -0.3 is 19.3 Å². The van der Waals surface area contributed by atoms with Crippen LogP contribution < -0.4 is 0 Å². The van der Waals surface area contributed by atoms with Crippen LogP contribution in [-0.2, 0) is 11.3 Å². The Balaban J connectivity index is 0.00000274. The normalized spacial score (nSPS) is 17.7. The summed E-state index contributed by atoms with van der Waals surface area (Å²) in [5.74, 6) is 0.349. The minimum atomic E-state index is 0. The van der Waals surface area contributed by atoms with E-state index in [0.29, 0.717) is 24.7 Å². The Bertz CT molecular complexity index is 1140. The lowest BCUT2D eigenvalue weighted by molar-refractivity contribution is -0.138. The van der Waals surface area contributed by atoms with Crippen molar-refractivity contribution < 1.29 is 9.59 Å². The van der Waals surface area contributed by atoms with Crippen LogP contribution in [0, 0.1) is 5.92 Å². The molecule has 5 rings (SSSR count). The molecule has 0 unspecified atom stereocenters. The van der Waals surface area contributed by atoms with E-state index in [2.05, 4.69) is 28.0 Å². The lowest BCUT2D eigenvalue weighted by Gasteiger charge is -2.37. The third kappa shape index (κ3) is 5.13. The highest BCUT2D eigenvalue weighted by Gasteiger charge is 2.32. The van der Waals surface area contributed by atoms with Crippen LogP contribution in [0.2, 0.25) is 5.02 Å². The van der Waals surface area contributed by atoms with Crippen LogP contribution in [0.15, 0.2) is 41.8 Å². The molecule has 0 atom stereocenters. The van der Waals surface area contributed by atoms with E-state index >= 15 is 0 Å². The summed E-state index contributed by atoms with van der Waals surface area (Å²) in [5, 5.41) is 2.77. The van der Waals surface area contributed by atoms with Gasteiger partial charge >= 0.3 is 0 Å². The molecule has 3 aromatic rings. The van der Waals surface area contributed by atoms with Gasteiger partial charge in [0.1, 0.15) is 5.69 Å². The largest absolute Gasteiger partial charge is 0.340 e. The molecule has 2 saturated heterocycles. The molecule has 9 heteroatoms. The molecule has 0 spiro atoms. The zero-order chi connectivity index (χ0) is 22.9. The van der Waals surface area contributed by atoms with Gasteiger partial charge in [-0.3, -0.25) is 9.59 Å². The fraction of sp³-hybridized carbons (Fsp3) is 0.440. The maximum absolute atomic E-state index is 13.5. The third-order valence-corrected chi connectivity index (χ3v) is 8.05. The van der Waals surface area contributed by atoms with Crippen molar-refractivity contribution in [1.29, 1.82) is 0 Å². The second kappa shape index (κ2) is 10.7. The number of amides is 2. The zero-order valence-corrected chi connectivity index (χ0v) is 21.7. The predicted octanol–water partition coefficient (Wildman–Crippen LogP) is 4.45. The lowest BCUT2D eigenvalue weighted by Crippen LogP contribution is -2.51. The molecular formula is C25H30Cl2N4O2S. The number of hydrogen-bond acceptors (Lipinski definition) is 4. The van der Waals surface area contributed by atoms with E-state index in [1.54, 1.807) is 11.3 Å². The SMILES string of the molecule is CN1CCN(C(=O)C2CCN(C(=O)c3cc4sccc4n3Cc3ccc(Cl)cc3)CC2)CC1.Cl. The number of rotatable bonds is 4. The second-order valence-electron chi connectivity index (χ2n) is 9.11. The molecule has 0 bridgehead atoms. The quantitative estimate of drug-likeness (QED) is 0.510. The van der Waals surface area contributed by atoms with Crippen molar-refractivity contribution in [3.8, 4) is 0 Å². The Morgan fingerprint density at radius 1 is 0.971 bits per heavy atom. The Morgan fingerprint density at radius 3 is 2.32 bits per heavy atom. The summed E-state index contributed by atoms with van der Waals surface area (Å²) in [5.41, 5.74) is 2.91. The molecular weight excluding hydrogens is 491 g/mol. The molecule has 2 aliphatic rings. The molecule has 6 nitrogen and oxygen atoms in total. The summed E-state index contributed by atoms with van der Waals surface area (Å²) in [6.45, 7) is 5.37. The first-order valence-electron chi connectivity index (χ1n) is 11.6. The molecule has 34 heavy (non-hydrogen) atoms. The maximum atomic E-state index is 13.5. The van der Waals surface area contributed by atoms with E-state index < -0.39 is 0 Å². The number of piperidine rings is 1. The van der Waals surface area contributed by atoms with Crippen LogP contribution in [-0.4, -0.2) is 77.4 Å². The van der Waals surface area contributed by atoms with Gasteiger partial charge in [0.15, 0.2) is 0 Å². The first kappa shape index (κ1) is 25.0. The topological polar surface area (TPSA) is 48.8 Å². The van der Waals surface area contributed by atoms with Crippen molar-refractivity contribution in [3.05, 3.63) is 58.1 Å². The van der Waals surface area contributed by atoms with E-state index in [0.717, 1.165) is 60.5 Å². The molecule has 0 saturated carbocycles. The number of halogens is 2. The van der Waals surface area contributed by atoms with Crippen LogP contribution in [0.4, 0.5) is 0 Å². The first-order valence-corrected chi connectivity index (χ1v) is 12.8. The lowest BCUT2D eigenvalue weighted by atomic mass is 9.94. The van der Waals surface area contributed by atoms with Crippen LogP contribution in [0.25, 0.3) is 10.2 Å². The fourth-order valence-electron chi connectivity index (χ4n) is 4.87. The summed E-state index contributed by atoms with van der Waals surface area (Å²) in [6.07, 6.45) is 1.48. The number of hydrogen-bond donors (Lipinski definition) is 0. The van der Waals surface area contributed by atoms with Crippen molar-refractivity contribution in [2.24, 2.45) is 5.92 Å². The standard InChI is InChI=1S/C25H29ClN4O2S.ClH/c1-27-11-13-29(14-12-27)24(31)19-6-9-28(10-7-19)25(32)22-16-23-21(8-15-33-23)30(22)17-18-2-4-20(26)5-3-18;/h2-5,8,15-16,19H,6-7,9-14,17H2,1H3;1H. The Labute approximate surface area is 215 Å². The number of carbonyl (C=O) groups is 2. The number of thiophene rings is 1. The minimum Gasteiger partial charge on any atom is -0.340 e. The van der Waals surface area contributed by atoms with Gasteiger partial charge in [0.05, 0.1) is 10.2 Å². The summed E-state index contributed by atoms with van der Waals surface area (Å²) in [6, 6.07) is 11.9. The van der Waals surface area contributed by atoms with Gasteiger partial charge in [0.25, 0.3) is 5.91 Å². The Hall–Kier alpha value is -2.06. The second-order valence-corrected chi connectivity index (χ2v) is 10.5. The molecule has 4 heterocycles. The smallest absolute Gasteiger partial charge is 0.270 e. The molecule has 2 aromatic heterocycles. The van der Waals surface area contributed by atoms with Crippen LogP contribution >= 0.6 is 35.3 Å². The van der Waals surface area contributed by atoms with E-state index in [9.17, 15) is 9.59 Å². The van der Waals surface area contributed by atoms with Crippen LogP contribution in [0.5, 0.6) is 0 Å². The number of fused-ring (bicyclic) bond motifs is 1. The molecule has 0 aliphatic carbocycles. The molecule has 1 aromatic carbocycles. The van der Waals surface area contributed by atoms with E-state index in [1.807, 2.05) is 40.1 Å². The van der Waals surface area contributed by atoms with Crippen molar-refractivity contribution >= 4 is 57.4 Å².